The Labute approximate surface area is 147 Å². The van der Waals surface area contributed by atoms with Crippen LogP contribution in [0.15, 0.2) is 58.1 Å². The van der Waals surface area contributed by atoms with E-state index in [0.717, 1.165) is 9.47 Å². The lowest BCUT2D eigenvalue weighted by Crippen LogP contribution is -2.30. The van der Waals surface area contributed by atoms with Crippen LogP contribution in [-0.4, -0.2) is 25.7 Å². The zero-order valence-corrected chi connectivity index (χ0v) is 14.0. The van der Waals surface area contributed by atoms with Crippen molar-refractivity contribution in [3.05, 3.63) is 80.6 Å². The molecule has 0 aliphatic carbocycles. The van der Waals surface area contributed by atoms with Crippen molar-refractivity contribution in [1.82, 2.24) is 13.9 Å². The zero-order valence-electron chi connectivity index (χ0n) is 14.0. The van der Waals surface area contributed by atoms with Gasteiger partial charge in [-0.1, -0.05) is 18.2 Å². The lowest BCUT2D eigenvalue weighted by Gasteiger charge is -2.14. The van der Waals surface area contributed by atoms with Gasteiger partial charge in [-0.05, 0) is 30.3 Å². The first-order valence-electron chi connectivity index (χ1n) is 7.85. The number of fused-ring (bicyclic) bond motifs is 1. The maximum absolute atomic E-state index is 12.6. The van der Waals surface area contributed by atoms with Crippen LogP contribution in [0.3, 0.4) is 0 Å². The number of benzene rings is 2. The molecule has 1 aliphatic rings. The molecule has 0 fully saturated rings. The fraction of sp³-hybridized carbons (Fsp3) is 0.111. The summed E-state index contributed by atoms with van der Waals surface area (Å²) in [6.07, 6.45) is 0. The Balaban J connectivity index is 1.85. The van der Waals surface area contributed by atoms with E-state index in [1.165, 1.54) is 29.5 Å². The predicted octanol–water partition coefficient (Wildman–Crippen LogP) is 0.675. The summed E-state index contributed by atoms with van der Waals surface area (Å²) in [7, 11) is 2.96. The molecule has 0 radical (unpaired) electrons. The molecule has 8 nitrogen and oxygen atoms in total. The summed E-state index contributed by atoms with van der Waals surface area (Å²) in [5.41, 5.74) is 0.206. The number of hydrogen-bond acceptors (Lipinski definition) is 4. The lowest BCUT2D eigenvalue weighted by molar-refractivity contribution is 0.0926. The van der Waals surface area contributed by atoms with Gasteiger partial charge < -0.3 is 0 Å². The van der Waals surface area contributed by atoms with E-state index < -0.39 is 23.2 Å². The predicted molar refractivity (Wildman–Crippen MR) is 93.8 cm³/mol. The number of imide groups is 1. The first-order chi connectivity index (χ1) is 12.4. The second-order valence-corrected chi connectivity index (χ2v) is 5.96. The van der Waals surface area contributed by atoms with E-state index in [0.29, 0.717) is 16.8 Å². The van der Waals surface area contributed by atoms with Crippen LogP contribution in [0.2, 0.25) is 0 Å². The molecule has 0 spiro atoms. The minimum absolute atomic E-state index is 0.283. The van der Waals surface area contributed by atoms with Gasteiger partial charge in [0.1, 0.15) is 0 Å². The van der Waals surface area contributed by atoms with E-state index in [4.69, 9.17) is 0 Å². The monoisotopic (exact) mass is 350 g/mol. The highest BCUT2D eigenvalue weighted by Gasteiger charge is 2.36. The van der Waals surface area contributed by atoms with Crippen LogP contribution < -0.4 is 16.3 Å². The molecule has 2 aromatic carbocycles. The highest BCUT2D eigenvalue weighted by molar-refractivity contribution is 6.34. The Hall–Kier alpha value is -3.68. The van der Waals surface area contributed by atoms with Gasteiger partial charge in [-0.3, -0.25) is 9.59 Å². The molecule has 3 aromatic rings. The quantitative estimate of drug-likeness (QED) is 0.636. The Bertz CT molecular complexity index is 1130. The van der Waals surface area contributed by atoms with E-state index in [1.807, 2.05) is 0 Å². The summed E-state index contributed by atoms with van der Waals surface area (Å²) in [5, 5.41) is 0. The summed E-state index contributed by atoms with van der Waals surface area (Å²) in [6, 6.07) is 12.8. The fourth-order valence-corrected chi connectivity index (χ4v) is 3.04. The molecule has 0 saturated heterocycles. The third kappa shape index (κ3) is 2.02. The molecule has 0 unspecified atom stereocenters. The standard InChI is InChI=1S/C18H14N4O4/c1-19-17(25)22(18(26)20(19)2)12-7-5-6-11(10-12)21-15(23)13-8-3-4-9-14(13)16(21)24/h3-10H,1-2H3. The van der Waals surface area contributed by atoms with Gasteiger partial charge in [-0.15, -0.1) is 0 Å². The number of carbonyl (C=O) groups excluding carboxylic acids is 2. The molecule has 0 atom stereocenters. The third-order valence-electron chi connectivity index (χ3n) is 4.53. The van der Waals surface area contributed by atoms with E-state index in [2.05, 4.69) is 0 Å². The summed E-state index contributed by atoms with van der Waals surface area (Å²) in [5.74, 6) is -0.868. The molecule has 26 heavy (non-hydrogen) atoms. The summed E-state index contributed by atoms with van der Waals surface area (Å²) < 4.78 is 3.34. The highest BCUT2D eigenvalue weighted by Crippen LogP contribution is 2.29. The molecule has 2 amide bonds. The van der Waals surface area contributed by atoms with Gasteiger partial charge in [-0.25, -0.2) is 28.4 Å². The SMILES string of the molecule is Cn1c(=O)n(-c2cccc(N3C(=O)c4ccccc4C3=O)c2)c(=O)n1C. The van der Waals surface area contributed by atoms with Crippen LogP contribution in [0.25, 0.3) is 5.69 Å². The van der Waals surface area contributed by atoms with Crippen molar-refractivity contribution >= 4 is 17.5 Å². The number of hydrogen-bond donors (Lipinski definition) is 0. The highest BCUT2D eigenvalue weighted by atomic mass is 16.2. The molecular formula is C18H14N4O4. The molecule has 0 bridgehead atoms. The second-order valence-electron chi connectivity index (χ2n) is 5.96. The van der Waals surface area contributed by atoms with Crippen LogP contribution in [0.4, 0.5) is 5.69 Å². The molecule has 0 N–H and O–H groups in total. The minimum Gasteiger partial charge on any atom is -0.268 e. The normalized spacial score (nSPS) is 13.4. The number of carbonyl (C=O) groups is 2. The van der Waals surface area contributed by atoms with Crippen LogP contribution >= 0.6 is 0 Å². The number of anilines is 1. The topological polar surface area (TPSA) is 86.3 Å². The van der Waals surface area contributed by atoms with Crippen molar-refractivity contribution in [1.29, 1.82) is 0 Å². The van der Waals surface area contributed by atoms with Gasteiger partial charge in [-0.2, -0.15) is 0 Å². The van der Waals surface area contributed by atoms with Crippen molar-refractivity contribution in [2.45, 2.75) is 0 Å². The average molecular weight is 350 g/mol. The Morgan fingerprint density at radius 2 is 1.15 bits per heavy atom. The number of amides is 2. The molecule has 1 aromatic heterocycles. The van der Waals surface area contributed by atoms with E-state index in [-0.39, 0.29) is 5.69 Å². The van der Waals surface area contributed by atoms with Crippen molar-refractivity contribution in [3.63, 3.8) is 0 Å². The van der Waals surface area contributed by atoms with Crippen molar-refractivity contribution < 1.29 is 9.59 Å². The molecule has 0 saturated carbocycles. The molecule has 4 rings (SSSR count). The van der Waals surface area contributed by atoms with Gasteiger partial charge in [0, 0.05) is 14.1 Å². The maximum Gasteiger partial charge on any atom is 0.351 e. The minimum atomic E-state index is -0.517. The van der Waals surface area contributed by atoms with E-state index in [9.17, 15) is 19.2 Å². The van der Waals surface area contributed by atoms with Gasteiger partial charge in [0.2, 0.25) is 0 Å². The lowest BCUT2D eigenvalue weighted by atomic mass is 10.1. The Morgan fingerprint density at radius 1 is 0.654 bits per heavy atom. The summed E-state index contributed by atoms with van der Waals surface area (Å²) in [6.45, 7) is 0. The van der Waals surface area contributed by atoms with Crippen LogP contribution in [-0.2, 0) is 14.1 Å². The molecule has 1 aliphatic heterocycles. The van der Waals surface area contributed by atoms with Crippen molar-refractivity contribution in [2.24, 2.45) is 14.1 Å². The zero-order chi connectivity index (χ0) is 18.6. The molecule has 2 heterocycles. The van der Waals surface area contributed by atoms with E-state index >= 15 is 0 Å². The van der Waals surface area contributed by atoms with Crippen molar-refractivity contribution in [3.8, 4) is 5.69 Å². The smallest absolute Gasteiger partial charge is 0.268 e. The number of aromatic nitrogens is 3. The van der Waals surface area contributed by atoms with Crippen LogP contribution in [0.1, 0.15) is 20.7 Å². The van der Waals surface area contributed by atoms with Gasteiger partial charge in [0.15, 0.2) is 0 Å². The van der Waals surface area contributed by atoms with E-state index in [1.54, 1.807) is 42.5 Å². The maximum atomic E-state index is 12.6. The van der Waals surface area contributed by atoms with Gasteiger partial charge in [0.05, 0.1) is 22.5 Å². The molecular weight excluding hydrogens is 336 g/mol. The van der Waals surface area contributed by atoms with Crippen LogP contribution in [0.5, 0.6) is 0 Å². The number of rotatable bonds is 2. The van der Waals surface area contributed by atoms with Crippen LogP contribution in [0, 0.1) is 0 Å². The third-order valence-corrected chi connectivity index (χ3v) is 4.53. The largest absolute Gasteiger partial charge is 0.351 e. The van der Waals surface area contributed by atoms with Gasteiger partial charge >= 0.3 is 11.4 Å². The summed E-state index contributed by atoms with van der Waals surface area (Å²) >= 11 is 0. The Kier molecular flexibility index (Phi) is 3.30. The second kappa shape index (κ2) is 5.41. The first-order valence-corrected chi connectivity index (χ1v) is 7.85. The molecule has 8 heteroatoms. The Morgan fingerprint density at radius 3 is 1.69 bits per heavy atom. The fourth-order valence-electron chi connectivity index (χ4n) is 3.04. The van der Waals surface area contributed by atoms with Gasteiger partial charge in [0.25, 0.3) is 11.8 Å². The average Bonchev–Trinajstić information content (AvgIpc) is 3.01. The summed E-state index contributed by atoms with van der Waals surface area (Å²) in [4.78, 5) is 50.9. The first kappa shape index (κ1) is 15.8. The molecule has 130 valence electrons. The van der Waals surface area contributed by atoms with Crippen molar-refractivity contribution in [2.75, 3.05) is 4.90 Å². The number of nitrogens with zero attached hydrogens (tertiary/aromatic N) is 4.